The average molecular weight is 322 g/mol. The molecule has 0 spiro atoms. The maximum absolute atomic E-state index is 12.2. The minimum atomic E-state index is -1.06. The van der Waals surface area contributed by atoms with Gasteiger partial charge in [0.1, 0.15) is 12.8 Å². The van der Waals surface area contributed by atoms with E-state index in [0.717, 1.165) is 10.5 Å². The minimum absolute atomic E-state index is 0.0678. The third-order valence-corrected chi connectivity index (χ3v) is 4.55. The molecule has 1 aromatic rings. The number of carbonyl (C=O) groups is 1. The number of ether oxygens (including phenoxy) is 1. The van der Waals surface area contributed by atoms with Crippen LogP contribution in [0.4, 0.5) is 4.79 Å². The molecule has 7 heteroatoms. The number of amides is 1. The van der Waals surface area contributed by atoms with Crippen molar-refractivity contribution in [2.24, 2.45) is 11.8 Å². The second-order valence-electron chi connectivity index (χ2n) is 5.89. The van der Waals surface area contributed by atoms with E-state index in [1.165, 1.54) is 0 Å². The predicted molar refractivity (Wildman–Crippen MR) is 83.1 cm³/mol. The second-order valence-corrected chi connectivity index (χ2v) is 5.89. The first-order valence-corrected chi connectivity index (χ1v) is 7.74. The minimum Gasteiger partial charge on any atom is -0.444 e. The zero-order chi connectivity index (χ0) is 17.0. The summed E-state index contributed by atoms with van der Waals surface area (Å²) in [6.07, 6.45) is -1.23. The number of likely N-dealkylation sites (tertiary alicyclic amines) is 1. The Kier molecular flexibility index (Phi) is 5.54. The molecule has 1 saturated heterocycles. The lowest BCUT2D eigenvalue weighted by Gasteiger charge is -2.41. The summed E-state index contributed by atoms with van der Waals surface area (Å²) < 4.78 is 5.20. The van der Waals surface area contributed by atoms with Gasteiger partial charge in [-0.05, 0) is 12.0 Å². The molecule has 23 heavy (non-hydrogen) atoms. The van der Waals surface area contributed by atoms with E-state index in [1.807, 2.05) is 37.3 Å². The zero-order valence-electron chi connectivity index (χ0n) is 13.3. The van der Waals surface area contributed by atoms with Crippen LogP contribution < -0.4 is 0 Å². The molecule has 126 valence electrons. The standard InChI is InChI=1S/C16H22N2O5/c1-3-13-11(2)14(18(21)22)9-17(15(13)19)16(20)23-10-12-7-5-4-6-8-12/h4-8,11,13-15,19H,3,9-10H2,1-2H3/t11-,13-,14-,15+/m0/s1. The number of nitro groups is 1. The van der Waals surface area contributed by atoms with Crippen molar-refractivity contribution in [3.8, 4) is 0 Å². The molecule has 0 bridgehead atoms. The number of hydrogen-bond acceptors (Lipinski definition) is 5. The predicted octanol–water partition coefficient (Wildman–Crippen LogP) is 2.26. The lowest BCUT2D eigenvalue weighted by atomic mass is 9.80. The molecule has 0 radical (unpaired) electrons. The van der Waals surface area contributed by atoms with E-state index in [9.17, 15) is 20.0 Å². The van der Waals surface area contributed by atoms with Crippen LogP contribution in [0.3, 0.4) is 0 Å². The van der Waals surface area contributed by atoms with Crippen LogP contribution >= 0.6 is 0 Å². The highest BCUT2D eigenvalue weighted by Gasteiger charge is 2.47. The van der Waals surface area contributed by atoms with Gasteiger partial charge in [-0.2, -0.15) is 0 Å². The fourth-order valence-electron chi connectivity index (χ4n) is 3.09. The lowest BCUT2D eigenvalue weighted by molar-refractivity contribution is -0.539. The lowest BCUT2D eigenvalue weighted by Crippen LogP contribution is -2.58. The quantitative estimate of drug-likeness (QED) is 0.678. The van der Waals surface area contributed by atoms with E-state index >= 15 is 0 Å². The van der Waals surface area contributed by atoms with Crippen LogP contribution in [-0.4, -0.2) is 39.8 Å². The molecule has 1 N–H and O–H groups in total. The Bertz CT molecular complexity index is 551. The first-order chi connectivity index (χ1) is 11.0. The van der Waals surface area contributed by atoms with Crippen molar-refractivity contribution in [1.82, 2.24) is 4.90 Å². The van der Waals surface area contributed by atoms with Gasteiger partial charge in [-0.25, -0.2) is 4.79 Å². The zero-order valence-corrected chi connectivity index (χ0v) is 13.3. The van der Waals surface area contributed by atoms with E-state index in [4.69, 9.17) is 4.74 Å². The van der Waals surface area contributed by atoms with Gasteiger partial charge >= 0.3 is 6.09 Å². The number of nitrogens with zero attached hydrogens (tertiary/aromatic N) is 2. The molecule has 1 heterocycles. The molecule has 7 nitrogen and oxygen atoms in total. The fraction of sp³-hybridized carbons (Fsp3) is 0.562. The summed E-state index contributed by atoms with van der Waals surface area (Å²) in [5, 5.41) is 21.6. The number of carbonyl (C=O) groups excluding carboxylic acids is 1. The fourth-order valence-corrected chi connectivity index (χ4v) is 3.09. The molecule has 0 saturated carbocycles. The van der Waals surface area contributed by atoms with Crippen molar-refractivity contribution in [2.75, 3.05) is 6.54 Å². The van der Waals surface area contributed by atoms with Gasteiger partial charge in [-0.1, -0.05) is 44.2 Å². The van der Waals surface area contributed by atoms with Gasteiger partial charge in [0.25, 0.3) is 0 Å². The summed E-state index contributed by atoms with van der Waals surface area (Å²) >= 11 is 0. The van der Waals surface area contributed by atoms with Crippen molar-refractivity contribution in [3.63, 3.8) is 0 Å². The molecule has 1 aliphatic heterocycles. The van der Waals surface area contributed by atoms with E-state index in [0.29, 0.717) is 6.42 Å². The van der Waals surface area contributed by atoms with Crippen LogP contribution in [0.5, 0.6) is 0 Å². The van der Waals surface area contributed by atoms with E-state index < -0.39 is 18.4 Å². The molecule has 1 fully saturated rings. The Morgan fingerprint density at radius 1 is 1.43 bits per heavy atom. The van der Waals surface area contributed by atoms with Crippen molar-refractivity contribution < 1.29 is 19.6 Å². The average Bonchev–Trinajstić information content (AvgIpc) is 2.54. The highest BCUT2D eigenvalue weighted by Crippen LogP contribution is 2.32. The number of aliphatic hydroxyl groups excluding tert-OH is 1. The summed E-state index contributed by atoms with van der Waals surface area (Å²) in [6.45, 7) is 3.52. The molecule has 1 aromatic carbocycles. The first-order valence-electron chi connectivity index (χ1n) is 7.74. The van der Waals surface area contributed by atoms with E-state index in [1.54, 1.807) is 6.92 Å². The second kappa shape index (κ2) is 7.41. The van der Waals surface area contributed by atoms with E-state index in [2.05, 4.69) is 0 Å². The molecule has 2 rings (SSSR count). The highest BCUT2D eigenvalue weighted by molar-refractivity contribution is 5.68. The van der Waals surface area contributed by atoms with Crippen molar-refractivity contribution in [1.29, 1.82) is 0 Å². The molecule has 0 unspecified atom stereocenters. The normalized spacial score (nSPS) is 27.5. The number of benzene rings is 1. The summed E-state index contributed by atoms with van der Waals surface area (Å²) in [6, 6.07) is 8.25. The van der Waals surface area contributed by atoms with Gasteiger partial charge in [0.2, 0.25) is 6.04 Å². The van der Waals surface area contributed by atoms with Gasteiger partial charge in [0.05, 0.1) is 6.54 Å². The first kappa shape index (κ1) is 17.2. The molecule has 1 amide bonds. The summed E-state index contributed by atoms with van der Waals surface area (Å²) in [5.41, 5.74) is 0.818. The molecule has 0 aliphatic carbocycles. The van der Waals surface area contributed by atoms with Crippen LogP contribution in [0.1, 0.15) is 25.8 Å². The van der Waals surface area contributed by atoms with Crippen LogP contribution in [0.25, 0.3) is 0 Å². The van der Waals surface area contributed by atoms with Crippen molar-refractivity contribution >= 4 is 6.09 Å². The van der Waals surface area contributed by atoms with E-state index in [-0.39, 0.29) is 29.9 Å². The monoisotopic (exact) mass is 322 g/mol. The summed E-state index contributed by atoms with van der Waals surface area (Å²) in [5.74, 6) is -0.647. The number of aliphatic hydroxyl groups is 1. The van der Waals surface area contributed by atoms with Gasteiger partial charge in [0, 0.05) is 16.8 Å². The van der Waals surface area contributed by atoms with Crippen LogP contribution in [0.2, 0.25) is 0 Å². The summed E-state index contributed by atoms with van der Waals surface area (Å²) in [7, 11) is 0. The van der Waals surface area contributed by atoms with Gasteiger partial charge in [0.15, 0.2) is 0 Å². The molecule has 0 aromatic heterocycles. The molecular weight excluding hydrogens is 300 g/mol. The molecule has 4 atom stereocenters. The van der Waals surface area contributed by atoms with Gasteiger partial charge < -0.3 is 9.84 Å². The maximum Gasteiger partial charge on any atom is 0.412 e. The number of hydrogen-bond donors (Lipinski definition) is 1. The molecular formula is C16H22N2O5. The third-order valence-electron chi connectivity index (χ3n) is 4.55. The highest BCUT2D eigenvalue weighted by atomic mass is 16.6. The topological polar surface area (TPSA) is 92.9 Å². The van der Waals surface area contributed by atoms with Gasteiger partial charge in [-0.3, -0.25) is 15.0 Å². The van der Waals surface area contributed by atoms with Crippen LogP contribution in [0.15, 0.2) is 30.3 Å². The SMILES string of the molecule is CC[C@H]1[C@H](C)[C@@H]([N+](=O)[O-])CN(C(=O)OCc2ccccc2)[C@@H]1O. The third kappa shape index (κ3) is 3.79. The molecule has 1 aliphatic rings. The maximum atomic E-state index is 12.2. The number of rotatable bonds is 4. The van der Waals surface area contributed by atoms with Crippen LogP contribution in [0, 0.1) is 22.0 Å². The Morgan fingerprint density at radius 2 is 2.09 bits per heavy atom. The largest absolute Gasteiger partial charge is 0.444 e. The summed E-state index contributed by atoms with van der Waals surface area (Å²) in [4.78, 5) is 24.2. The smallest absolute Gasteiger partial charge is 0.412 e. The Labute approximate surface area is 135 Å². The van der Waals surface area contributed by atoms with Crippen molar-refractivity contribution in [2.45, 2.75) is 39.1 Å². The Hall–Kier alpha value is -2.15. The van der Waals surface area contributed by atoms with Gasteiger partial charge in [-0.15, -0.1) is 0 Å². The van der Waals surface area contributed by atoms with Crippen LogP contribution in [-0.2, 0) is 11.3 Å². The Balaban J connectivity index is 2.06. The van der Waals surface area contributed by atoms with Crippen molar-refractivity contribution in [3.05, 3.63) is 46.0 Å². The Morgan fingerprint density at radius 3 is 2.65 bits per heavy atom. The number of piperidine rings is 1.